The van der Waals surface area contributed by atoms with Crippen LogP contribution in [0.3, 0.4) is 0 Å². The topological polar surface area (TPSA) is 29.3 Å². The van der Waals surface area contributed by atoms with E-state index in [9.17, 15) is 0 Å². The molecule has 2 saturated carbocycles. The van der Waals surface area contributed by atoms with Crippen molar-refractivity contribution >= 4 is 24.8 Å². The first kappa shape index (κ1) is 20.5. The minimum atomic E-state index is 0. The molecule has 0 spiro atoms. The Morgan fingerprint density at radius 2 is 1.50 bits per heavy atom. The van der Waals surface area contributed by atoms with Gasteiger partial charge in [-0.2, -0.15) is 0 Å². The van der Waals surface area contributed by atoms with Gasteiger partial charge in [-0.05, 0) is 38.6 Å². The second-order valence-corrected chi connectivity index (χ2v) is 6.40. The van der Waals surface area contributed by atoms with E-state index in [0.29, 0.717) is 12.1 Å². The summed E-state index contributed by atoms with van der Waals surface area (Å²) in [5.41, 5.74) is 6.41. The van der Waals surface area contributed by atoms with Crippen LogP contribution in [0.1, 0.15) is 77.6 Å². The lowest BCUT2D eigenvalue weighted by Crippen LogP contribution is -2.53. The van der Waals surface area contributed by atoms with Gasteiger partial charge >= 0.3 is 0 Å². The molecule has 20 heavy (non-hydrogen) atoms. The Morgan fingerprint density at radius 3 is 2.10 bits per heavy atom. The summed E-state index contributed by atoms with van der Waals surface area (Å²) in [7, 11) is 0. The van der Waals surface area contributed by atoms with Crippen LogP contribution in [-0.4, -0.2) is 29.6 Å². The molecule has 0 radical (unpaired) electrons. The molecular weight excluding hydrogens is 291 g/mol. The number of rotatable bonds is 6. The van der Waals surface area contributed by atoms with Gasteiger partial charge in [-0.15, -0.1) is 24.8 Å². The number of halogens is 2. The smallest absolute Gasteiger partial charge is 0.0250 e. The highest BCUT2D eigenvalue weighted by molar-refractivity contribution is 5.85. The second kappa shape index (κ2) is 11.1. The molecule has 4 heteroatoms. The van der Waals surface area contributed by atoms with Crippen LogP contribution in [-0.2, 0) is 0 Å². The molecule has 0 heterocycles. The number of hydrogen-bond acceptors (Lipinski definition) is 2. The minimum absolute atomic E-state index is 0. The first-order valence-corrected chi connectivity index (χ1v) is 8.34. The molecule has 0 aromatic carbocycles. The van der Waals surface area contributed by atoms with E-state index < -0.39 is 0 Å². The van der Waals surface area contributed by atoms with Gasteiger partial charge in [-0.1, -0.05) is 45.4 Å². The molecule has 2 fully saturated rings. The molecule has 0 aromatic heterocycles. The predicted molar refractivity (Wildman–Crippen MR) is 93.2 cm³/mol. The third kappa shape index (κ3) is 5.71. The monoisotopic (exact) mass is 324 g/mol. The molecule has 0 aromatic rings. The summed E-state index contributed by atoms with van der Waals surface area (Å²) in [4.78, 5) is 2.83. The Kier molecular flexibility index (Phi) is 11.4. The van der Waals surface area contributed by atoms with Crippen LogP contribution in [0.2, 0.25) is 0 Å². The summed E-state index contributed by atoms with van der Waals surface area (Å²) in [6.07, 6.45) is 15.2. The summed E-state index contributed by atoms with van der Waals surface area (Å²) in [6.45, 7) is 3.60. The van der Waals surface area contributed by atoms with Crippen molar-refractivity contribution < 1.29 is 0 Å². The third-order valence-corrected chi connectivity index (χ3v) is 5.02. The SMILES string of the molecule is CCCCCN(C1CCCC1)[C@@H]1CCCC[C@H]1N.Cl.Cl. The van der Waals surface area contributed by atoms with E-state index in [1.54, 1.807) is 0 Å². The molecule has 0 saturated heterocycles. The molecule has 122 valence electrons. The van der Waals surface area contributed by atoms with Crippen LogP contribution in [0, 0.1) is 0 Å². The van der Waals surface area contributed by atoms with Crippen LogP contribution in [0.25, 0.3) is 0 Å². The fourth-order valence-corrected chi connectivity index (χ4v) is 3.95. The molecule has 0 aliphatic heterocycles. The summed E-state index contributed by atoms with van der Waals surface area (Å²) >= 11 is 0. The van der Waals surface area contributed by atoms with Gasteiger partial charge in [0.25, 0.3) is 0 Å². The van der Waals surface area contributed by atoms with Gasteiger partial charge in [0.2, 0.25) is 0 Å². The predicted octanol–water partition coefficient (Wildman–Crippen LogP) is 4.53. The maximum absolute atomic E-state index is 6.41. The van der Waals surface area contributed by atoms with E-state index in [0.717, 1.165) is 6.04 Å². The highest BCUT2D eigenvalue weighted by Crippen LogP contribution is 2.30. The Labute approximate surface area is 138 Å². The summed E-state index contributed by atoms with van der Waals surface area (Å²) in [6, 6.07) is 2.00. The first-order valence-electron chi connectivity index (χ1n) is 8.34. The summed E-state index contributed by atoms with van der Waals surface area (Å²) in [5, 5.41) is 0. The highest BCUT2D eigenvalue weighted by atomic mass is 35.5. The Balaban J connectivity index is 0.00000180. The van der Waals surface area contributed by atoms with Crippen molar-refractivity contribution in [1.29, 1.82) is 0 Å². The molecule has 0 bridgehead atoms. The Morgan fingerprint density at radius 1 is 0.900 bits per heavy atom. The Hall–Kier alpha value is 0.500. The molecular formula is C16H34Cl2N2. The van der Waals surface area contributed by atoms with Crippen LogP contribution in [0.4, 0.5) is 0 Å². The van der Waals surface area contributed by atoms with Gasteiger partial charge in [0, 0.05) is 18.1 Å². The summed E-state index contributed by atoms with van der Waals surface area (Å²) in [5.74, 6) is 0. The van der Waals surface area contributed by atoms with Crippen molar-refractivity contribution in [3.8, 4) is 0 Å². The second-order valence-electron chi connectivity index (χ2n) is 6.40. The number of hydrogen-bond donors (Lipinski definition) is 1. The lowest BCUT2D eigenvalue weighted by Gasteiger charge is -2.42. The largest absolute Gasteiger partial charge is 0.326 e. The maximum atomic E-state index is 6.41. The quantitative estimate of drug-likeness (QED) is 0.727. The highest BCUT2D eigenvalue weighted by Gasteiger charge is 2.32. The number of unbranched alkanes of at least 4 members (excludes halogenated alkanes) is 2. The van der Waals surface area contributed by atoms with Crippen molar-refractivity contribution in [2.75, 3.05) is 6.54 Å². The van der Waals surface area contributed by atoms with Gasteiger partial charge in [0.1, 0.15) is 0 Å². The molecule has 2 nitrogen and oxygen atoms in total. The molecule has 0 amide bonds. The number of nitrogens with two attached hydrogens (primary N) is 1. The lowest BCUT2D eigenvalue weighted by atomic mass is 9.88. The molecule has 2 aliphatic rings. The van der Waals surface area contributed by atoms with E-state index in [1.165, 1.54) is 77.2 Å². The van der Waals surface area contributed by atoms with Gasteiger partial charge in [0.15, 0.2) is 0 Å². The Bertz CT molecular complexity index is 233. The lowest BCUT2D eigenvalue weighted by molar-refractivity contribution is 0.0894. The fraction of sp³-hybridized carbons (Fsp3) is 1.00. The van der Waals surface area contributed by atoms with E-state index in [2.05, 4.69) is 11.8 Å². The maximum Gasteiger partial charge on any atom is 0.0250 e. The molecule has 2 rings (SSSR count). The molecule has 2 atom stereocenters. The third-order valence-electron chi connectivity index (χ3n) is 5.02. The van der Waals surface area contributed by atoms with Crippen LogP contribution in [0.5, 0.6) is 0 Å². The summed E-state index contributed by atoms with van der Waals surface area (Å²) < 4.78 is 0. The van der Waals surface area contributed by atoms with E-state index >= 15 is 0 Å². The van der Waals surface area contributed by atoms with Crippen LogP contribution < -0.4 is 5.73 Å². The zero-order chi connectivity index (χ0) is 12.8. The van der Waals surface area contributed by atoms with Crippen molar-refractivity contribution in [1.82, 2.24) is 4.90 Å². The van der Waals surface area contributed by atoms with Crippen molar-refractivity contribution in [2.24, 2.45) is 5.73 Å². The first-order chi connectivity index (χ1) is 8.83. The van der Waals surface area contributed by atoms with Gasteiger partial charge < -0.3 is 5.73 Å². The molecule has 2 N–H and O–H groups in total. The van der Waals surface area contributed by atoms with Crippen molar-refractivity contribution in [3.05, 3.63) is 0 Å². The van der Waals surface area contributed by atoms with Crippen molar-refractivity contribution in [3.63, 3.8) is 0 Å². The minimum Gasteiger partial charge on any atom is -0.326 e. The normalized spacial score (nSPS) is 27.1. The van der Waals surface area contributed by atoms with E-state index in [4.69, 9.17) is 5.73 Å². The van der Waals surface area contributed by atoms with Crippen LogP contribution in [0.15, 0.2) is 0 Å². The van der Waals surface area contributed by atoms with Crippen molar-refractivity contribution in [2.45, 2.75) is 95.7 Å². The zero-order valence-corrected chi connectivity index (χ0v) is 14.7. The standard InChI is InChI=1S/C16H32N2.2ClH/c1-2-3-8-13-18(14-9-4-5-10-14)16-12-7-6-11-15(16)17;;/h14-16H,2-13,17H2,1H3;2*1H/t15-,16-;;/m1../s1. The van der Waals surface area contributed by atoms with Gasteiger partial charge in [-0.25, -0.2) is 0 Å². The van der Waals surface area contributed by atoms with E-state index in [-0.39, 0.29) is 24.8 Å². The zero-order valence-electron chi connectivity index (χ0n) is 13.1. The molecule has 0 unspecified atom stereocenters. The van der Waals surface area contributed by atoms with Crippen LogP contribution >= 0.6 is 24.8 Å². The van der Waals surface area contributed by atoms with E-state index in [1.807, 2.05) is 0 Å². The number of nitrogens with zero attached hydrogens (tertiary/aromatic N) is 1. The molecule has 2 aliphatic carbocycles. The average molecular weight is 325 g/mol. The van der Waals surface area contributed by atoms with Gasteiger partial charge in [0.05, 0.1) is 0 Å². The van der Waals surface area contributed by atoms with Gasteiger partial charge in [-0.3, -0.25) is 4.90 Å². The fourth-order valence-electron chi connectivity index (χ4n) is 3.95. The average Bonchev–Trinajstić information content (AvgIpc) is 2.90.